The van der Waals surface area contributed by atoms with E-state index in [-0.39, 0.29) is 6.79 Å². The molecule has 19 heavy (non-hydrogen) atoms. The minimum absolute atomic E-state index is 0.181. The number of nitrogens with zero attached hydrogens (tertiary/aromatic N) is 4. The molecule has 2 heterocycles. The van der Waals surface area contributed by atoms with Crippen LogP contribution in [-0.2, 0) is 4.79 Å². The highest BCUT2D eigenvalue weighted by molar-refractivity contribution is 5.84. The normalized spacial score (nSPS) is 13.1. The standard InChI is InChI=1S/C11H8N4O4/c16-11(17)4-3-10-12-13-14-15(10)7-1-2-8-9(5-7)19-6-18-8/h1-5H,6H2,(H,16,17)/b4-3+. The van der Waals surface area contributed by atoms with E-state index in [1.165, 1.54) is 10.8 Å². The molecule has 0 atom stereocenters. The summed E-state index contributed by atoms with van der Waals surface area (Å²) in [6.45, 7) is 0.181. The molecule has 0 amide bonds. The van der Waals surface area contributed by atoms with Gasteiger partial charge in [0.1, 0.15) is 0 Å². The van der Waals surface area contributed by atoms with Gasteiger partial charge in [0, 0.05) is 12.1 Å². The number of carbonyl (C=O) groups is 1. The van der Waals surface area contributed by atoms with Gasteiger partial charge in [-0.15, -0.1) is 5.10 Å². The molecule has 0 fully saturated rings. The van der Waals surface area contributed by atoms with Crippen LogP contribution in [0.1, 0.15) is 5.82 Å². The summed E-state index contributed by atoms with van der Waals surface area (Å²) in [4.78, 5) is 10.5. The Morgan fingerprint density at radius 3 is 3.05 bits per heavy atom. The summed E-state index contributed by atoms with van der Waals surface area (Å²) < 4.78 is 11.9. The number of rotatable bonds is 3. The smallest absolute Gasteiger partial charge is 0.328 e. The van der Waals surface area contributed by atoms with Gasteiger partial charge in [0.15, 0.2) is 17.3 Å². The average Bonchev–Trinajstić information content (AvgIpc) is 3.04. The minimum Gasteiger partial charge on any atom is -0.478 e. The van der Waals surface area contributed by atoms with Crippen LogP contribution in [-0.4, -0.2) is 38.1 Å². The van der Waals surface area contributed by atoms with Gasteiger partial charge in [-0.2, -0.15) is 4.68 Å². The first-order valence-corrected chi connectivity index (χ1v) is 5.33. The lowest BCUT2D eigenvalue weighted by molar-refractivity contribution is -0.131. The molecular weight excluding hydrogens is 252 g/mol. The molecule has 1 aliphatic heterocycles. The first-order chi connectivity index (χ1) is 9.24. The van der Waals surface area contributed by atoms with Gasteiger partial charge < -0.3 is 14.6 Å². The fourth-order valence-corrected chi connectivity index (χ4v) is 1.64. The Kier molecular flexibility index (Phi) is 2.60. The summed E-state index contributed by atoms with van der Waals surface area (Å²) >= 11 is 0. The first-order valence-electron chi connectivity index (χ1n) is 5.33. The van der Waals surface area contributed by atoms with Gasteiger partial charge in [-0.3, -0.25) is 0 Å². The Hall–Kier alpha value is -2.90. The highest BCUT2D eigenvalue weighted by Crippen LogP contribution is 2.33. The van der Waals surface area contributed by atoms with Crippen molar-refractivity contribution < 1.29 is 19.4 Å². The molecule has 0 spiro atoms. The molecule has 0 saturated carbocycles. The van der Waals surface area contributed by atoms with Gasteiger partial charge in [0.05, 0.1) is 5.69 Å². The molecule has 1 N–H and O–H groups in total. The fraction of sp³-hybridized carbons (Fsp3) is 0.0909. The number of aliphatic carboxylic acids is 1. The van der Waals surface area contributed by atoms with Crippen molar-refractivity contribution in [2.45, 2.75) is 0 Å². The molecule has 1 aromatic carbocycles. The third-order valence-electron chi connectivity index (χ3n) is 2.47. The highest BCUT2D eigenvalue weighted by atomic mass is 16.7. The summed E-state index contributed by atoms with van der Waals surface area (Å²) in [5.41, 5.74) is 0.652. The highest BCUT2D eigenvalue weighted by Gasteiger charge is 2.15. The van der Waals surface area contributed by atoms with Crippen LogP contribution in [0.15, 0.2) is 24.3 Å². The van der Waals surface area contributed by atoms with Crippen molar-refractivity contribution in [3.63, 3.8) is 0 Å². The van der Waals surface area contributed by atoms with Crippen molar-refractivity contribution in [3.8, 4) is 17.2 Å². The molecule has 8 heteroatoms. The van der Waals surface area contributed by atoms with E-state index in [1.54, 1.807) is 18.2 Å². The van der Waals surface area contributed by atoms with E-state index in [0.717, 1.165) is 6.08 Å². The average molecular weight is 260 g/mol. The van der Waals surface area contributed by atoms with E-state index in [9.17, 15) is 4.79 Å². The predicted molar refractivity (Wildman–Crippen MR) is 61.9 cm³/mol. The zero-order valence-corrected chi connectivity index (χ0v) is 9.55. The zero-order valence-electron chi connectivity index (χ0n) is 9.55. The topological polar surface area (TPSA) is 99.4 Å². The lowest BCUT2D eigenvalue weighted by Crippen LogP contribution is -2.00. The van der Waals surface area contributed by atoms with Crippen LogP contribution in [0.5, 0.6) is 11.5 Å². The number of aromatic nitrogens is 4. The molecule has 96 valence electrons. The largest absolute Gasteiger partial charge is 0.478 e. The zero-order chi connectivity index (χ0) is 13.2. The van der Waals surface area contributed by atoms with Crippen molar-refractivity contribution in [3.05, 3.63) is 30.1 Å². The number of fused-ring (bicyclic) bond motifs is 1. The molecule has 0 unspecified atom stereocenters. The van der Waals surface area contributed by atoms with Gasteiger partial charge in [-0.1, -0.05) is 0 Å². The molecule has 0 bridgehead atoms. The van der Waals surface area contributed by atoms with E-state index in [2.05, 4.69) is 15.5 Å². The Morgan fingerprint density at radius 2 is 2.21 bits per heavy atom. The molecular formula is C11H8N4O4. The molecule has 8 nitrogen and oxygen atoms in total. The number of tetrazole rings is 1. The molecule has 2 aromatic rings. The third-order valence-corrected chi connectivity index (χ3v) is 2.47. The third kappa shape index (κ3) is 2.10. The van der Waals surface area contributed by atoms with Crippen molar-refractivity contribution in [1.82, 2.24) is 20.2 Å². The Bertz CT molecular complexity index is 664. The Labute approximate surface area is 106 Å². The summed E-state index contributed by atoms with van der Waals surface area (Å²) in [7, 11) is 0. The van der Waals surface area contributed by atoms with Gasteiger partial charge in [0.2, 0.25) is 6.79 Å². The van der Waals surface area contributed by atoms with Crippen LogP contribution in [0.25, 0.3) is 11.8 Å². The minimum atomic E-state index is -1.07. The van der Waals surface area contributed by atoms with Gasteiger partial charge >= 0.3 is 5.97 Å². The SMILES string of the molecule is O=C(O)/C=C/c1nnnn1-c1ccc2c(c1)OCO2. The second kappa shape index (κ2) is 4.41. The quantitative estimate of drug-likeness (QED) is 0.801. The maximum Gasteiger partial charge on any atom is 0.328 e. The van der Waals surface area contributed by atoms with E-state index in [0.29, 0.717) is 23.0 Å². The fourth-order valence-electron chi connectivity index (χ4n) is 1.64. The van der Waals surface area contributed by atoms with Gasteiger partial charge in [-0.05, 0) is 28.6 Å². The number of hydrogen-bond donors (Lipinski definition) is 1. The predicted octanol–water partition coefficient (Wildman–Crippen LogP) is 0.489. The lowest BCUT2D eigenvalue weighted by Gasteiger charge is -2.02. The maximum absolute atomic E-state index is 10.5. The number of hydrogen-bond acceptors (Lipinski definition) is 6. The Morgan fingerprint density at radius 1 is 1.37 bits per heavy atom. The van der Waals surface area contributed by atoms with Crippen LogP contribution in [0.2, 0.25) is 0 Å². The van der Waals surface area contributed by atoms with E-state index < -0.39 is 5.97 Å². The summed E-state index contributed by atoms with van der Waals surface area (Å²) in [5, 5.41) is 19.7. The van der Waals surface area contributed by atoms with Crippen molar-refractivity contribution in [2.75, 3.05) is 6.79 Å². The lowest BCUT2D eigenvalue weighted by atomic mass is 10.3. The molecule has 1 aromatic heterocycles. The molecule has 3 rings (SSSR count). The number of ether oxygens (including phenoxy) is 2. The molecule has 1 aliphatic rings. The van der Waals surface area contributed by atoms with Crippen molar-refractivity contribution in [1.29, 1.82) is 0 Å². The van der Waals surface area contributed by atoms with Crippen LogP contribution in [0.3, 0.4) is 0 Å². The van der Waals surface area contributed by atoms with Crippen LogP contribution < -0.4 is 9.47 Å². The second-order valence-electron chi connectivity index (χ2n) is 3.66. The number of carboxylic acids is 1. The van der Waals surface area contributed by atoms with Crippen LogP contribution in [0, 0.1) is 0 Å². The van der Waals surface area contributed by atoms with E-state index >= 15 is 0 Å². The first kappa shape index (κ1) is 11.2. The number of carboxylic acid groups (broad SMARTS) is 1. The monoisotopic (exact) mass is 260 g/mol. The van der Waals surface area contributed by atoms with Gasteiger partial charge in [0.25, 0.3) is 0 Å². The summed E-state index contributed by atoms with van der Waals surface area (Å²) in [5.74, 6) is 0.488. The van der Waals surface area contributed by atoms with Crippen molar-refractivity contribution in [2.24, 2.45) is 0 Å². The second-order valence-corrected chi connectivity index (χ2v) is 3.66. The molecule has 0 saturated heterocycles. The van der Waals surface area contributed by atoms with E-state index in [1.807, 2.05) is 0 Å². The molecule has 0 radical (unpaired) electrons. The van der Waals surface area contributed by atoms with Gasteiger partial charge in [-0.25, -0.2) is 4.79 Å². The molecule has 0 aliphatic carbocycles. The van der Waals surface area contributed by atoms with Crippen molar-refractivity contribution >= 4 is 12.0 Å². The Balaban J connectivity index is 1.98. The number of benzene rings is 1. The van der Waals surface area contributed by atoms with Crippen LogP contribution >= 0.6 is 0 Å². The summed E-state index contributed by atoms with van der Waals surface area (Å²) in [6, 6.07) is 5.21. The van der Waals surface area contributed by atoms with Crippen LogP contribution in [0.4, 0.5) is 0 Å². The maximum atomic E-state index is 10.5. The van der Waals surface area contributed by atoms with E-state index in [4.69, 9.17) is 14.6 Å². The summed E-state index contributed by atoms with van der Waals surface area (Å²) in [6.07, 6.45) is 2.28.